The highest BCUT2D eigenvalue weighted by molar-refractivity contribution is 14.0. The van der Waals surface area contributed by atoms with Crippen molar-refractivity contribution in [3.05, 3.63) is 34.9 Å². The summed E-state index contributed by atoms with van der Waals surface area (Å²) in [4.78, 5) is 9.70. The van der Waals surface area contributed by atoms with Crippen LogP contribution in [0, 0.1) is 0 Å². The van der Waals surface area contributed by atoms with Gasteiger partial charge >= 0.3 is 0 Å². The Morgan fingerprint density at radius 3 is 2.74 bits per heavy atom. The minimum absolute atomic E-state index is 0. The van der Waals surface area contributed by atoms with Gasteiger partial charge in [0.15, 0.2) is 5.96 Å². The first kappa shape index (κ1) is 24.5. The van der Waals surface area contributed by atoms with E-state index in [1.165, 1.54) is 38.2 Å². The molecule has 0 aromatic heterocycles. The molecule has 1 aliphatic heterocycles. The third kappa shape index (κ3) is 9.96. The van der Waals surface area contributed by atoms with Crippen molar-refractivity contribution in [2.45, 2.75) is 26.2 Å². The maximum atomic E-state index is 6.22. The van der Waals surface area contributed by atoms with Gasteiger partial charge in [0.1, 0.15) is 0 Å². The molecule has 0 atom stereocenters. The van der Waals surface area contributed by atoms with Crippen LogP contribution in [0.15, 0.2) is 29.3 Å². The van der Waals surface area contributed by atoms with Gasteiger partial charge in [-0.2, -0.15) is 0 Å². The van der Waals surface area contributed by atoms with E-state index in [9.17, 15) is 0 Å². The predicted octanol–water partition coefficient (Wildman–Crippen LogP) is 3.08. The zero-order chi connectivity index (χ0) is 18.6. The summed E-state index contributed by atoms with van der Waals surface area (Å²) in [6.07, 6.45) is 3.27. The molecule has 0 radical (unpaired) electrons. The molecular formula is C20H35ClIN5. The lowest BCUT2D eigenvalue weighted by Crippen LogP contribution is -2.38. The van der Waals surface area contributed by atoms with Gasteiger partial charge in [0.2, 0.25) is 0 Å². The Balaban J connectivity index is 0.00000364. The minimum atomic E-state index is 0. The maximum Gasteiger partial charge on any atom is 0.191 e. The Kier molecular flexibility index (Phi) is 13.1. The Morgan fingerprint density at radius 2 is 1.96 bits per heavy atom. The Morgan fingerprint density at radius 1 is 1.15 bits per heavy atom. The normalized spacial score (nSPS) is 16.5. The standard InChI is InChI=1S/C20H34ClN5.HI/c1-3-22-20(24-12-10-18-8-4-5-9-19(18)21)23-11-6-14-26-15-7-13-25(2)16-17-26;/h4-5,8-9H,3,6-7,10-17H2,1-2H3,(H2,22,23,24);1H. The van der Waals surface area contributed by atoms with E-state index in [0.717, 1.165) is 50.0 Å². The van der Waals surface area contributed by atoms with Crippen molar-refractivity contribution in [3.63, 3.8) is 0 Å². The number of aliphatic imine (C=N–C) groups is 1. The summed E-state index contributed by atoms with van der Waals surface area (Å²) >= 11 is 6.22. The summed E-state index contributed by atoms with van der Waals surface area (Å²) in [5.74, 6) is 0.898. The Bertz CT molecular complexity index is 555. The molecule has 0 aliphatic carbocycles. The van der Waals surface area contributed by atoms with Gasteiger partial charge in [-0.05, 0) is 64.5 Å². The molecule has 0 saturated carbocycles. The average molecular weight is 508 g/mol. The minimum Gasteiger partial charge on any atom is -0.357 e. The highest BCUT2D eigenvalue weighted by Crippen LogP contribution is 2.14. The van der Waals surface area contributed by atoms with E-state index in [1.54, 1.807) is 0 Å². The van der Waals surface area contributed by atoms with E-state index in [-0.39, 0.29) is 24.0 Å². The first-order valence-corrected chi connectivity index (χ1v) is 10.2. The SMILES string of the molecule is CCNC(=NCCCN1CCCN(C)CC1)NCCc1ccccc1Cl.I. The van der Waals surface area contributed by atoms with Crippen LogP contribution in [0.4, 0.5) is 0 Å². The number of halogens is 2. The van der Waals surface area contributed by atoms with Gasteiger partial charge in [-0.15, -0.1) is 24.0 Å². The number of hydrogen-bond donors (Lipinski definition) is 2. The largest absolute Gasteiger partial charge is 0.357 e. The van der Waals surface area contributed by atoms with Crippen molar-refractivity contribution >= 4 is 41.5 Å². The first-order chi connectivity index (χ1) is 12.7. The van der Waals surface area contributed by atoms with Crippen molar-refractivity contribution in [2.24, 2.45) is 4.99 Å². The number of likely N-dealkylation sites (N-methyl/N-ethyl adjacent to an activating group) is 1. The lowest BCUT2D eigenvalue weighted by Gasteiger charge is -2.19. The smallest absolute Gasteiger partial charge is 0.191 e. The molecule has 154 valence electrons. The summed E-state index contributed by atoms with van der Waals surface area (Å²) in [6.45, 7) is 10.6. The van der Waals surface area contributed by atoms with Crippen molar-refractivity contribution in [3.8, 4) is 0 Å². The second-order valence-electron chi connectivity index (χ2n) is 6.88. The molecule has 0 spiro atoms. The highest BCUT2D eigenvalue weighted by atomic mass is 127. The molecule has 1 heterocycles. The van der Waals surface area contributed by atoms with Crippen LogP contribution in [0.3, 0.4) is 0 Å². The van der Waals surface area contributed by atoms with Gasteiger partial charge in [-0.25, -0.2) is 0 Å². The van der Waals surface area contributed by atoms with Crippen molar-refractivity contribution in [2.75, 3.05) is 59.4 Å². The van der Waals surface area contributed by atoms with E-state index in [2.05, 4.69) is 40.5 Å². The monoisotopic (exact) mass is 507 g/mol. The number of nitrogens with zero attached hydrogens (tertiary/aromatic N) is 3. The van der Waals surface area contributed by atoms with Crippen molar-refractivity contribution in [1.29, 1.82) is 0 Å². The molecule has 1 saturated heterocycles. The summed E-state index contributed by atoms with van der Waals surface area (Å²) in [6, 6.07) is 8.01. The molecule has 0 unspecified atom stereocenters. The summed E-state index contributed by atoms with van der Waals surface area (Å²) in [7, 11) is 2.21. The summed E-state index contributed by atoms with van der Waals surface area (Å²) in [5.41, 5.74) is 1.17. The second kappa shape index (κ2) is 14.4. The fraction of sp³-hybridized carbons (Fsp3) is 0.650. The summed E-state index contributed by atoms with van der Waals surface area (Å²) in [5, 5.41) is 7.57. The molecule has 5 nitrogen and oxygen atoms in total. The fourth-order valence-corrected chi connectivity index (χ4v) is 3.40. The first-order valence-electron chi connectivity index (χ1n) is 9.85. The average Bonchev–Trinajstić information content (AvgIpc) is 2.84. The van der Waals surface area contributed by atoms with E-state index < -0.39 is 0 Å². The van der Waals surface area contributed by atoms with Crippen molar-refractivity contribution in [1.82, 2.24) is 20.4 Å². The molecular weight excluding hydrogens is 473 g/mol. The molecule has 0 amide bonds. The lowest BCUT2D eigenvalue weighted by molar-refractivity contribution is 0.275. The van der Waals surface area contributed by atoms with Crippen LogP contribution in [-0.4, -0.2) is 75.2 Å². The molecule has 1 aromatic rings. The van der Waals surface area contributed by atoms with Gasteiger partial charge in [0.25, 0.3) is 0 Å². The summed E-state index contributed by atoms with van der Waals surface area (Å²) < 4.78 is 0. The molecule has 2 rings (SSSR count). The number of rotatable bonds is 8. The van der Waals surface area contributed by atoms with Crippen LogP contribution in [-0.2, 0) is 6.42 Å². The van der Waals surface area contributed by atoms with Gasteiger partial charge < -0.3 is 20.4 Å². The van der Waals surface area contributed by atoms with Gasteiger partial charge in [-0.1, -0.05) is 29.8 Å². The quantitative estimate of drug-likeness (QED) is 0.246. The third-order valence-electron chi connectivity index (χ3n) is 4.70. The fourth-order valence-electron chi connectivity index (χ4n) is 3.17. The van der Waals surface area contributed by atoms with Crippen LogP contribution < -0.4 is 10.6 Å². The van der Waals surface area contributed by atoms with E-state index in [4.69, 9.17) is 16.6 Å². The van der Waals surface area contributed by atoms with E-state index in [0.29, 0.717) is 0 Å². The second-order valence-corrected chi connectivity index (χ2v) is 7.29. The maximum absolute atomic E-state index is 6.22. The Hall–Kier alpha value is -0.570. The molecule has 1 fully saturated rings. The zero-order valence-corrected chi connectivity index (χ0v) is 19.8. The predicted molar refractivity (Wildman–Crippen MR) is 128 cm³/mol. The number of nitrogens with one attached hydrogen (secondary N) is 2. The molecule has 1 aliphatic rings. The highest BCUT2D eigenvalue weighted by Gasteiger charge is 2.11. The third-order valence-corrected chi connectivity index (χ3v) is 5.07. The molecule has 7 heteroatoms. The van der Waals surface area contributed by atoms with Gasteiger partial charge in [0, 0.05) is 37.7 Å². The van der Waals surface area contributed by atoms with Crippen LogP contribution in [0.1, 0.15) is 25.3 Å². The van der Waals surface area contributed by atoms with E-state index >= 15 is 0 Å². The van der Waals surface area contributed by atoms with Crippen LogP contribution in [0.5, 0.6) is 0 Å². The van der Waals surface area contributed by atoms with Gasteiger partial charge in [0.05, 0.1) is 0 Å². The lowest BCUT2D eigenvalue weighted by atomic mass is 10.1. The van der Waals surface area contributed by atoms with Crippen LogP contribution in [0.2, 0.25) is 5.02 Å². The molecule has 2 N–H and O–H groups in total. The van der Waals surface area contributed by atoms with Crippen LogP contribution >= 0.6 is 35.6 Å². The zero-order valence-electron chi connectivity index (χ0n) is 16.7. The number of guanidine groups is 1. The topological polar surface area (TPSA) is 42.9 Å². The van der Waals surface area contributed by atoms with E-state index in [1.807, 2.05) is 18.2 Å². The molecule has 27 heavy (non-hydrogen) atoms. The van der Waals surface area contributed by atoms with Crippen LogP contribution in [0.25, 0.3) is 0 Å². The van der Waals surface area contributed by atoms with Crippen molar-refractivity contribution < 1.29 is 0 Å². The number of hydrogen-bond acceptors (Lipinski definition) is 3. The number of benzene rings is 1. The van der Waals surface area contributed by atoms with Gasteiger partial charge in [-0.3, -0.25) is 4.99 Å². The Labute approximate surface area is 186 Å². The molecule has 0 bridgehead atoms. The molecule has 1 aromatic carbocycles.